The lowest BCUT2D eigenvalue weighted by Gasteiger charge is -2.15. The number of rotatable bonds is 2. The van der Waals surface area contributed by atoms with E-state index in [-0.39, 0.29) is 0 Å². The Labute approximate surface area is 109 Å². The third kappa shape index (κ3) is 3.47. The van der Waals surface area contributed by atoms with Crippen LogP contribution in [0.25, 0.3) is 0 Å². The van der Waals surface area contributed by atoms with Gasteiger partial charge in [0.25, 0.3) is 0 Å². The number of hydrogen-bond donors (Lipinski definition) is 0. The van der Waals surface area contributed by atoms with Gasteiger partial charge in [-0.1, -0.05) is 19.3 Å². The molecule has 2 rings (SSSR count). The van der Waals surface area contributed by atoms with Gasteiger partial charge in [0.15, 0.2) is 0 Å². The predicted molar refractivity (Wildman–Crippen MR) is 71.9 cm³/mol. The average Bonchev–Trinajstić information content (AvgIpc) is 2.48. The smallest absolute Gasteiger partial charge is 0.0338 e. The molecule has 1 heterocycles. The molecular formula is C12H16BrClS. The first kappa shape index (κ1) is 11.9. The SMILES string of the molecule is ClC1CCCCC(Cc2sccc2Br)C1. The van der Waals surface area contributed by atoms with Gasteiger partial charge in [-0.05, 0) is 52.6 Å². The standard InChI is InChI=1S/C12H16BrClS/c13-11-5-6-15-12(11)8-9-3-1-2-4-10(14)7-9/h5-6,9-10H,1-4,7-8H2. The third-order valence-electron chi connectivity index (χ3n) is 3.13. The molecule has 3 heteroatoms. The first-order chi connectivity index (χ1) is 7.25. The fourth-order valence-corrected chi connectivity index (χ4v) is 4.35. The van der Waals surface area contributed by atoms with Crippen LogP contribution in [-0.2, 0) is 6.42 Å². The lowest BCUT2D eigenvalue weighted by molar-refractivity contribution is 0.463. The fourth-order valence-electron chi connectivity index (χ4n) is 2.31. The molecule has 0 N–H and O–H groups in total. The molecule has 1 fully saturated rings. The minimum Gasteiger partial charge on any atom is -0.148 e. The monoisotopic (exact) mass is 306 g/mol. The maximum Gasteiger partial charge on any atom is 0.0338 e. The van der Waals surface area contributed by atoms with Gasteiger partial charge >= 0.3 is 0 Å². The van der Waals surface area contributed by atoms with Crippen molar-refractivity contribution < 1.29 is 0 Å². The van der Waals surface area contributed by atoms with Crippen molar-refractivity contribution in [2.75, 3.05) is 0 Å². The highest BCUT2D eigenvalue weighted by molar-refractivity contribution is 9.10. The highest BCUT2D eigenvalue weighted by atomic mass is 79.9. The summed E-state index contributed by atoms with van der Waals surface area (Å²) in [6, 6.07) is 2.15. The highest BCUT2D eigenvalue weighted by Gasteiger charge is 2.19. The second-order valence-corrected chi connectivity index (χ2v) is 6.85. The van der Waals surface area contributed by atoms with Crippen molar-refractivity contribution >= 4 is 38.9 Å². The summed E-state index contributed by atoms with van der Waals surface area (Å²) in [5, 5.41) is 2.57. The molecule has 84 valence electrons. The quantitative estimate of drug-likeness (QED) is 0.518. The lowest BCUT2D eigenvalue weighted by Crippen LogP contribution is -2.08. The van der Waals surface area contributed by atoms with Gasteiger partial charge in [0.1, 0.15) is 0 Å². The minimum atomic E-state index is 0.413. The molecule has 0 aliphatic heterocycles. The van der Waals surface area contributed by atoms with Crippen LogP contribution < -0.4 is 0 Å². The van der Waals surface area contributed by atoms with Crippen molar-refractivity contribution in [1.82, 2.24) is 0 Å². The van der Waals surface area contributed by atoms with E-state index in [9.17, 15) is 0 Å². The summed E-state index contributed by atoms with van der Waals surface area (Å²) >= 11 is 11.8. The van der Waals surface area contributed by atoms with Crippen molar-refractivity contribution in [2.45, 2.75) is 43.9 Å². The van der Waals surface area contributed by atoms with Crippen LogP contribution in [-0.4, -0.2) is 5.38 Å². The molecular weight excluding hydrogens is 292 g/mol. The van der Waals surface area contributed by atoms with Gasteiger partial charge in [0.05, 0.1) is 0 Å². The summed E-state index contributed by atoms with van der Waals surface area (Å²) in [5.74, 6) is 0.796. The Hall–Kier alpha value is 0.470. The van der Waals surface area contributed by atoms with Gasteiger partial charge in [-0.25, -0.2) is 0 Å². The molecule has 0 bridgehead atoms. The van der Waals surface area contributed by atoms with Crippen LogP contribution >= 0.6 is 38.9 Å². The van der Waals surface area contributed by atoms with Crippen molar-refractivity contribution in [3.8, 4) is 0 Å². The van der Waals surface area contributed by atoms with Crippen LogP contribution in [0.15, 0.2) is 15.9 Å². The zero-order chi connectivity index (χ0) is 10.7. The summed E-state index contributed by atoms with van der Waals surface area (Å²) < 4.78 is 1.28. The van der Waals surface area contributed by atoms with E-state index in [4.69, 9.17) is 11.6 Å². The van der Waals surface area contributed by atoms with Gasteiger partial charge < -0.3 is 0 Å². The molecule has 0 amide bonds. The van der Waals surface area contributed by atoms with E-state index in [0.29, 0.717) is 5.38 Å². The summed E-state index contributed by atoms with van der Waals surface area (Å²) in [4.78, 5) is 1.49. The molecule has 1 aromatic rings. The Bertz CT molecular complexity index is 310. The first-order valence-corrected chi connectivity index (χ1v) is 7.72. The molecule has 1 aliphatic carbocycles. The highest BCUT2D eigenvalue weighted by Crippen LogP contribution is 2.32. The fraction of sp³-hybridized carbons (Fsp3) is 0.667. The van der Waals surface area contributed by atoms with Crippen LogP contribution in [0.4, 0.5) is 0 Å². The Morgan fingerprint density at radius 3 is 2.93 bits per heavy atom. The van der Waals surface area contributed by atoms with Crippen molar-refractivity contribution in [1.29, 1.82) is 0 Å². The molecule has 0 saturated heterocycles. The van der Waals surface area contributed by atoms with Gasteiger partial charge in [-0.3, -0.25) is 0 Å². The first-order valence-electron chi connectivity index (χ1n) is 5.61. The van der Waals surface area contributed by atoms with Crippen LogP contribution in [0, 0.1) is 5.92 Å². The van der Waals surface area contributed by atoms with Crippen molar-refractivity contribution in [3.63, 3.8) is 0 Å². The number of thiophene rings is 1. The van der Waals surface area contributed by atoms with E-state index in [2.05, 4.69) is 27.4 Å². The zero-order valence-corrected chi connectivity index (χ0v) is 11.9. The Morgan fingerprint density at radius 1 is 1.40 bits per heavy atom. The van der Waals surface area contributed by atoms with E-state index in [0.717, 1.165) is 5.92 Å². The molecule has 1 saturated carbocycles. The van der Waals surface area contributed by atoms with Gasteiger partial charge in [-0.2, -0.15) is 0 Å². The topological polar surface area (TPSA) is 0 Å². The Morgan fingerprint density at radius 2 is 2.20 bits per heavy atom. The second kappa shape index (κ2) is 5.70. The number of alkyl halides is 1. The van der Waals surface area contributed by atoms with Gasteiger partial charge in [0.2, 0.25) is 0 Å². The summed E-state index contributed by atoms with van der Waals surface area (Å²) in [6.45, 7) is 0. The van der Waals surface area contributed by atoms with E-state index in [1.807, 2.05) is 11.3 Å². The van der Waals surface area contributed by atoms with Crippen LogP contribution in [0.1, 0.15) is 37.0 Å². The maximum atomic E-state index is 6.29. The Kier molecular flexibility index (Phi) is 4.53. The summed E-state index contributed by atoms with van der Waals surface area (Å²) in [6.07, 6.45) is 7.65. The van der Waals surface area contributed by atoms with E-state index >= 15 is 0 Å². The van der Waals surface area contributed by atoms with Crippen LogP contribution in [0.3, 0.4) is 0 Å². The number of halogens is 2. The summed E-state index contributed by atoms with van der Waals surface area (Å²) in [7, 11) is 0. The molecule has 15 heavy (non-hydrogen) atoms. The Balaban J connectivity index is 1.96. The largest absolute Gasteiger partial charge is 0.148 e. The van der Waals surface area contributed by atoms with Crippen LogP contribution in [0.2, 0.25) is 0 Å². The average molecular weight is 308 g/mol. The normalized spacial score (nSPS) is 27.6. The molecule has 2 unspecified atom stereocenters. The second-order valence-electron chi connectivity index (χ2n) is 4.38. The maximum absolute atomic E-state index is 6.29. The lowest BCUT2D eigenvalue weighted by atomic mass is 9.96. The zero-order valence-electron chi connectivity index (χ0n) is 8.72. The third-order valence-corrected chi connectivity index (χ3v) is 5.48. The van der Waals surface area contributed by atoms with Crippen molar-refractivity contribution in [3.05, 3.63) is 20.8 Å². The molecule has 1 aromatic heterocycles. The molecule has 0 radical (unpaired) electrons. The predicted octanol–water partition coefficient (Wildman–Crippen LogP) is 5.24. The summed E-state index contributed by atoms with van der Waals surface area (Å²) in [5.41, 5.74) is 0. The minimum absolute atomic E-state index is 0.413. The van der Waals surface area contributed by atoms with Gasteiger partial charge in [-0.15, -0.1) is 22.9 Å². The molecule has 0 spiro atoms. The van der Waals surface area contributed by atoms with Gasteiger partial charge in [0, 0.05) is 14.7 Å². The van der Waals surface area contributed by atoms with E-state index in [1.54, 1.807) is 0 Å². The molecule has 2 atom stereocenters. The molecule has 1 aliphatic rings. The van der Waals surface area contributed by atoms with Crippen LogP contribution in [0.5, 0.6) is 0 Å². The van der Waals surface area contributed by atoms with E-state index < -0.39 is 0 Å². The van der Waals surface area contributed by atoms with Crippen molar-refractivity contribution in [2.24, 2.45) is 5.92 Å². The number of hydrogen-bond acceptors (Lipinski definition) is 1. The molecule has 0 nitrogen and oxygen atoms in total. The van der Waals surface area contributed by atoms with E-state index in [1.165, 1.54) is 47.9 Å². The molecule has 0 aromatic carbocycles.